The predicted molar refractivity (Wildman–Crippen MR) is 187 cm³/mol. The Balaban J connectivity index is 1.55. The Kier molecular flexibility index (Phi) is 14.8. The smallest absolute Gasteiger partial charge is 0.340 e. The number of hydrogen-bond acceptors (Lipinski definition) is 5. The molecule has 0 radical (unpaired) electrons. The molecule has 3 aromatic rings. The molecule has 0 atom stereocenters. The van der Waals surface area contributed by atoms with E-state index in [0.717, 1.165) is 55.6 Å². The van der Waals surface area contributed by atoms with Crippen molar-refractivity contribution >= 4 is 11.9 Å². The molecular weight excluding hydrogens is 592 g/mol. The molecule has 0 bridgehead atoms. The van der Waals surface area contributed by atoms with E-state index in [9.17, 15) is 19.8 Å². The first-order valence-electron chi connectivity index (χ1n) is 16.2. The van der Waals surface area contributed by atoms with Crippen molar-refractivity contribution in [3.05, 3.63) is 118 Å². The lowest BCUT2D eigenvalue weighted by Crippen LogP contribution is -2.13. The molecule has 0 unspecified atom stereocenters. The summed E-state index contributed by atoms with van der Waals surface area (Å²) >= 11 is 0. The van der Waals surface area contributed by atoms with Crippen molar-refractivity contribution in [2.24, 2.45) is 0 Å². The number of carboxylic acid groups (broad SMARTS) is 2. The number of benzene rings is 3. The highest BCUT2D eigenvalue weighted by atomic mass is 16.5. The van der Waals surface area contributed by atoms with Gasteiger partial charge in [-0.05, 0) is 128 Å². The van der Waals surface area contributed by atoms with E-state index < -0.39 is 17.5 Å². The second kappa shape index (κ2) is 19.0. The number of hydrogen-bond donors (Lipinski definition) is 2. The lowest BCUT2D eigenvalue weighted by atomic mass is 10.1. The van der Waals surface area contributed by atoms with Gasteiger partial charge in [-0.3, -0.25) is 0 Å². The number of carbonyl (C=O) groups is 2. The first kappa shape index (κ1) is 36.7. The second-order valence-electron chi connectivity index (χ2n) is 12.1. The van der Waals surface area contributed by atoms with E-state index in [4.69, 9.17) is 14.2 Å². The van der Waals surface area contributed by atoms with Crippen molar-refractivity contribution in [2.45, 2.75) is 79.6 Å². The zero-order chi connectivity index (χ0) is 34.2. The minimum absolute atomic E-state index is 0.0689. The molecule has 7 nitrogen and oxygen atoms in total. The summed E-state index contributed by atoms with van der Waals surface area (Å²) in [5.41, 5.74) is 5.37. The summed E-state index contributed by atoms with van der Waals surface area (Å²) in [6, 6.07) is 18.6. The molecular formula is C40H48O7. The molecule has 0 amide bonds. The summed E-state index contributed by atoms with van der Waals surface area (Å²) in [6.07, 6.45) is 12.6. The van der Waals surface area contributed by atoms with Crippen molar-refractivity contribution in [1.29, 1.82) is 0 Å². The van der Waals surface area contributed by atoms with Crippen molar-refractivity contribution in [3.8, 4) is 23.0 Å². The van der Waals surface area contributed by atoms with Crippen molar-refractivity contribution in [3.63, 3.8) is 0 Å². The fourth-order valence-electron chi connectivity index (χ4n) is 4.90. The third kappa shape index (κ3) is 12.9. The number of rotatable bonds is 19. The molecule has 0 aliphatic heterocycles. The highest BCUT2D eigenvalue weighted by molar-refractivity contribution is 6.04. The standard InChI is InChI=1S/C40H48O7/c1-28(2)10-8-11-29(3)12-9-13-30(4)25-27-46-38-36(24-23-35(39(41)42)37(38)40(43)44)45-26-7-6-14-32-17-21-34(22-18-32)47-33-19-15-31(5)16-20-33/h10,12,15-25H,6-9,11,13-14,26-27H2,1-5H3,(H,41,42)(H,43,44). The highest BCUT2D eigenvalue weighted by Crippen LogP contribution is 2.35. The Bertz CT molecular complexity index is 1560. The van der Waals surface area contributed by atoms with Gasteiger partial charge in [0.15, 0.2) is 11.5 Å². The Morgan fingerprint density at radius 1 is 0.702 bits per heavy atom. The van der Waals surface area contributed by atoms with Gasteiger partial charge in [0.2, 0.25) is 0 Å². The fraction of sp³-hybridized carbons (Fsp3) is 0.350. The molecule has 0 heterocycles. The normalized spacial score (nSPS) is 11.6. The van der Waals surface area contributed by atoms with Crippen molar-refractivity contribution in [1.82, 2.24) is 0 Å². The quantitative estimate of drug-likeness (QED) is 0.0993. The minimum Gasteiger partial charge on any atom is -0.490 e. The SMILES string of the molecule is CC(C)=CCCC(C)=CCCC(C)=CCOc1c(OCCCCc2ccc(Oc3ccc(C)cc3)cc2)ccc(C(=O)O)c1C(=O)O. The summed E-state index contributed by atoms with van der Waals surface area (Å²) < 4.78 is 17.8. The second-order valence-corrected chi connectivity index (χ2v) is 12.1. The monoisotopic (exact) mass is 640 g/mol. The zero-order valence-corrected chi connectivity index (χ0v) is 28.3. The Morgan fingerprint density at radius 3 is 1.94 bits per heavy atom. The van der Waals surface area contributed by atoms with Crippen LogP contribution in [-0.2, 0) is 6.42 Å². The van der Waals surface area contributed by atoms with Crippen LogP contribution >= 0.6 is 0 Å². The van der Waals surface area contributed by atoms with Crippen LogP contribution in [0.15, 0.2) is 95.6 Å². The first-order chi connectivity index (χ1) is 22.5. The molecule has 0 spiro atoms. The Hall–Kier alpha value is -4.78. The van der Waals surface area contributed by atoms with Gasteiger partial charge in [0.25, 0.3) is 0 Å². The van der Waals surface area contributed by atoms with Gasteiger partial charge in [0.1, 0.15) is 23.7 Å². The molecule has 250 valence electrons. The van der Waals surface area contributed by atoms with Crippen LogP contribution in [0.2, 0.25) is 0 Å². The van der Waals surface area contributed by atoms with E-state index in [-0.39, 0.29) is 23.7 Å². The lowest BCUT2D eigenvalue weighted by Gasteiger charge is -2.16. The van der Waals surface area contributed by atoms with Crippen LogP contribution in [0.25, 0.3) is 0 Å². The summed E-state index contributed by atoms with van der Waals surface area (Å²) in [5.74, 6) is -1.01. The topological polar surface area (TPSA) is 102 Å². The number of aryl methyl sites for hydroxylation is 2. The molecule has 0 aliphatic rings. The maximum atomic E-state index is 12.2. The van der Waals surface area contributed by atoms with E-state index in [1.54, 1.807) is 0 Å². The lowest BCUT2D eigenvalue weighted by molar-refractivity contribution is 0.0647. The number of unbranched alkanes of at least 4 members (excludes halogenated alkanes) is 1. The molecule has 0 saturated heterocycles. The minimum atomic E-state index is -1.38. The Labute approximate surface area is 279 Å². The van der Waals surface area contributed by atoms with Crippen LogP contribution < -0.4 is 14.2 Å². The maximum absolute atomic E-state index is 12.2. The third-order valence-electron chi connectivity index (χ3n) is 7.65. The molecule has 0 aromatic heterocycles. The van der Waals surface area contributed by atoms with Crippen LogP contribution in [0, 0.1) is 6.92 Å². The predicted octanol–water partition coefficient (Wildman–Crippen LogP) is 10.4. The largest absolute Gasteiger partial charge is 0.490 e. The van der Waals surface area contributed by atoms with Gasteiger partial charge in [0, 0.05) is 0 Å². The average Bonchev–Trinajstić information content (AvgIpc) is 3.02. The van der Waals surface area contributed by atoms with Crippen LogP contribution in [0.1, 0.15) is 98.1 Å². The van der Waals surface area contributed by atoms with Gasteiger partial charge in [0.05, 0.1) is 12.2 Å². The van der Waals surface area contributed by atoms with Crippen LogP contribution in [0.5, 0.6) is 23.0 Å². The number of ether oxygens (including phenoxy) is 3. The Morgan fingerprint density at radius 2 is 1.32 bits per heavy atom. The van der Waals surface area contributed by atoms with Crippen LogP contribution in [-0.4, -0.2) is 35.4 Å². The summed E-state index contributed by atoms with van der Waals surface area (Å²) in [4.78, 5) is 24.0. The molecule has 0 saturated carbocycles. The maximum Gasteiger partial charge on any atom is 0.340 e. The van der Waals surface area contributed by atoms with Crippen molar-refractivity contribution in [2.75, 3.05) is 13.2 Å². The summed E-state index contributed by atoms with van der Waals surface area (Å²) in [7, 11) is 0. The van der Waals surface area contributed by atoms with Gasteiger partial charge in [-0.1, -0.05) is 58.7 Å². The molecule has 47 heavy (non-hydrogen) atoms. The number of carboxylic acids is 2. The van der Waals surface area contributed by atoms with E-state index in [2.05, 4.69) is 32.9 Å². The zero-order valence-electron chi connectivity index (χ0n) is 28.3. The number of aromatic carboxylic acids is 2. The summed E-state index contributed by atoms with van der Waals surface area (Å²) in [6.45, 7) is 10.8. The van der Waals surface area contributed by atoms with Gasteiger partial charge in [-0.15, -0.1) is 0 Å². The summed E-state index contributed by atoms with van der Waals surface area (Å²) in [5, 5.41) is 19.5. The van der Waals surface area contributed by atoms with E-state index in [1.807, 2.05) is 68.5 Å². The third-order valence-corrected chi connectivity index (χ3v) is 7.65. The highest BCUT2D eigenvalue weighted by Gasteiger charge is 2.25. The molecule has 3 rings (SSSR count). The van der Waals surface area contributed by atoms with Gasteiger partial charge in [-0.2, -0.15) is 0 Å². The molecule has 0 aliphatic carbocycles. The van der Waals surface area contributed by atoms with Crippen LogP contribution in [0.4, 0.5) is 0 Å². The molecule has 7 heteroatoms. The van der Waals surface area contributed by atoms with Gasteiger partial charge >= 0.3 is 11.9 Å². The number of allylic oxidation sites excluding steroid dienone is 5. The van der Waals surface area contributed by atoms with E-state index in [1.165, 1.54) is 34.4 Å². The van der Waals surface area contributed by atoms with E-state index in [0.29, 0.717) is 13.0 Å². The van der Waals surface area contributed by atoms with Crippen molar-refractivity contribution < 1.29 is 34.0 Å². The fourth-order valence-corrected chi connectivity index (χ4v) is 4.90. The van der Waals surface area contributed by atoms with Crippen LogP contribution in [0.3, 0.4) is 0 Å². The molecule has 0 fully saturated rings. The van der Waals surface area contributed by atoms with Gasteiger partial charge in [-0.25, -0.2) is 9.59 Å². The molecule has 2 N–H and O–H groups in total. The first-order valence-corrected chi connectivity index (χ1v) is 16.2. The van der Waals surface area contributed by atoms with Gasteiger partial charge < -0.3 is 24.4 Å². The van der Waals surface area contributed by atoms with E-state index >= 15 is 0 Å². The molecule has 3 aromatic carbocycles. The average molecular weight is 641 g/mol.